The first-order chi connectivity index (χ1) is 16.1. The van der Waals surface area contributed by atoms with Gasteiger partial charge in [-0.1, -0.05) is 84.0 Å². The fourth-order valence-electron chi connectivity index (χ4n) is 2.94. The molecule has 3 atom stereocenters. The van der Waals surface area contributed by atoms with Crippen LogP contribution < -0.4 is 0 Å². The number of rotatable bonds is 12. The van der Waals surface area contributed by atoms with Crippen LogP contribution >= 0.6 is 11.6 Å². The number of halogens is 2. The van der Waals surface area contributed by atoms with Gasteiger partial charge in [-0.15, -0.1) is 11.6 Å². The standard InChI is InChI=1S/C26H25ClFNO4/c27-23(19-32-26(30)22-14-8-3-9-15-22)25(31-17-20-10-4-1-5-11-20)24(28)16-29-33-18-21-12-6-2-7-13-21/h1-16,23-25H,17-19H2/b29-16+. The molecule has 0 spiro atoms. The summed E-state index contributed by atoms with van der Waals surface area (Å²) >= 11 is 6.40. The van der Waals surface area contributed by atoms with Gasteiger partial charge in [0.25, 0.3) is 0 Å². The third-order valence-electron chi connectivity index (χ3n) is 4.69. The van der Waals surface area contributed by atoms with Crippen LogP contribution in [0.2, 0.25) is 0 Å². The van der Waals surface area contributed by atoms with Crippen LogP contribution in [-0.2, 0) is 27.5 Å². The molecular formula is C26H25ClFNO4. The van der Waals surface area contributed by atoms with E-state index in [0.29, 0.717) is 5.56 Å². The lowest BCUT2D eigenvalue weighted by Crippen LogP contribution is -2.38. The molecule has 0 radical (unpaired) electrons. The molecule has 3 aromatic carbocycles. The van der Waals surface area contributed by atoms with Gasteiger partial charge in [-0.05, 0) is 23.3 Å². The minimum absolute atomic E-state index is 0.139. The summed E-state index contributed by atoms with van der Waals surface area (Å²) in [5, 5.41) is 2.77. The van der Waals surface area contributed by atoms with Crippen LogP contribution in [0.15, 0.2) is 96.2 Å². The van der Waals surface area contributed by atoms with E-state index in [9.17, 15) is 4.79 Å². The van der Waals surface area contributed by atoms with Crippen molar-refractivity contribution in [3.63, 3.8) is 0 Å². The van der Waals surface area contributed by atoms with Crippen LogP contribution in [0, 0.1) is 0 Å². The normalized spacial score (nSPS) is 13.9. The largest absolute Gasteiger partial charge is 0.460 e. The topological polar surface area (TPSA) is 57.1 Å². The Hall–Kier alpha value is -3.22. The molecule has 0 aliphatic heterocycles. The predicted octanol–water partition coefficient (Wildman–Crippen LogP) is 5.58. The van der Waals surface area contributed by atoms with Gasteiger partial charge >= 0.3 is 5.97 Å². The molecule has 0 saturated carbocycles. The quantitative estimate of drug-likeness (QED) is 0.150. The Morgan fingerprint density at radius 1 is 0.879 bits per heavy atom. The van der Waals surface area contributed by atoms with E-state index in [1.54, 1.807) is 30.3 Å². The summed E-state index contributed by atoms with van der Waals surface area (Å²) in [4.78, 5) is 17.4. The van der Waals surface area contributed by atoms with E-state index in [1.165, 1.54) is 0 Å². The van der Waals surface area contributed by atoms with Crippen molar-refractivity contribution in [1.82, 2.24) is 0 Å². The van der Waals surface area contributed by atoms with Crippen LogP contribution in [0.4, 0.5) is 4.39 Å². The summed E-state index contributed by atoms with van der Waals surface area (Å²) in [5.74, 6) is -0.543. The van der Waals surface area contributed by atoms with Crippen LogP contribution in [0.5, 0.6) is 0 Å². The summed E-state index contributed by atoms with van der Waals surface area (Å²) in [5.41, 5.74) is 2.15. The van der Waals surface area contributed by atoms with Gasteiger partial charge < -0.3 is 14.3 Å². The highest BCUT2D eigenvalue weighted by atomic mass is 35.5. The number of alkyl halides is 2. The van der Waals surface area contributed by atoms with Gasteiger partial charge in [-0.25, -0.2) is 9.18 Å². The number of ether oxygens (including phenoxy) is 2. The van der Waals surface area contributed by atoms with Crippen molar-refractivity contribution in [2.45, 2.75) is 30.9 Å². The first-order valence-electron chi connectivity index (χ1n) is 10.5. The van der Waals surface area contributed by atoms with Crippen molar-refractivity contribution in [2.24, 2.45) is 5.16 Å². The lowest BCUT2D eigenvalue weighted by atomic mass is 10.1. The molecule has 172 valence electrons. The minimum atomic E-state index is -1.68. The fraction of sp³-hybridized carbons (Fsp3) is 0.231. The number of hydrogen-bond acceptors (Lipinski definition) is 5. The smallest absolute Gasteiger partial charge is 0.338 e. The van der Waals surface area contributed by atoms with E-state index in [4.69, 9.17) is 25.9 Å². The molecule has 0 saturated heterocycles. The second kappa shape index (κ2) is 13.4. The summed E-state index contributed by atoms with van der Waals surface area (Å²) < 4.78 is 26.0. The lowest BCUT2D eigenvalue weighted by molar-refractivity contribution is -0.00895. The zero-order chi connectivity index (χ0) is 23.3. The lowest BCUT2D eigenvalue weighted by Gasteiger charge is -2.24. The van der Waals surface area contributed by atoms with E-state index in [-0.39, 0.29) is 19.8 Å². The first kappa shape index (κ1) is 24.4. The van der Waals surface area contributed by atoms with E-state index >= 15 is 4.39 Å². The molecule has 0 N–H and O–H groups in total. The van der Waals surface area contributed by atoms with E-state index in [2.05, 4.69) is 5.16 Å². The monoisotopic (exact) mass is 469 g/mol. The van der Waals surface area contributed by atoms with Gasteiger partial charge in [-0.3, -0.25) is 0 Å². The van der Waals surface area contributed by atoms with Crippen LogP contribution in [0.3, 0.4) is 0 Å². The van der Waals surface area contributed by atoms with Gasteiger partial charge in [0.15, 0.2) is 6.17 Å². The van der Waals surface area contributed by atoms with Crippen molar-refractivity contribution in [3.05, 3.63) is 108 Å². The van der Waals surface area contributed by atoms with Crippen molar-refractivity contribution in [3.8, 4) is 0 Å². The highest BCUT2D eigenvalue weighted by Gasteiger charge is 2.30. The number of benzene rings is 3. The van der Waals surface area contributed by atoms with E-state index < -0.39 is 23.6 Å². The molecule has 0 aliphatic rings. The van der Waals surface area contributed by atoms with Crippen LogP contribution in [0.1, 0.15) is 21.5 Å². The molecule has 0 aromatic heterocycles. The Bertz CT molecular complexity index is 989. The number of hydrogen-bond donors (Lipinski definition) is 0. The third kappa shape index (κ3) is 8.33. The molecule has 0 heterocycles. The maximum absolute atomic E-state index is 15.0. The molecule has 0 fully saturated rings. The van der Waals surface area contributed by atoms with Gasteiger partial charge in [-0.2, -0.15) is 0 Å². The Morgan fingerprint density at radius 3 is 2.03 bits per heavy atom. The fourth-order valence-corrected chi connectivity index (χ4v) is 3.22. The summed E-state index contributed by atoms with van der Waals surface area (Å²) in [7, 11) is 0. The Morgan fingerprint density at radius 2 is 1.42 bits per heavy atom. The summed E-state index contributed by atoms with van der Waals surface area (Å²) in [6.45, 7) is 0.118. The molecule has 33 heavy (non-hydrogen) atoms. The molecule has 3 rings (SSSR count). The molecule has 0 aliphatic carbocycles. The van der Waals surface area contributed by atoms with Crippen LogP contribution in [-0.4, -0.2) is 36.4 Å². The summed E-state index contributed by atoms with van der Waals surface area (Å²) in [6.07, 6.45) is -1.78. The molecule has 7 heteroatoms. The number of oxime groups is 1. The Labute approximate surface area is 197 Å². The number of carbonyl (C=O) groups is 1. The molecular weight excluding hydrogens is 445 g/mol. The van der Waals surface area contributed by atoms with Gasteiger partial charge in [0, 0.05) is 0 Å². The average Bonchev–Trinajstić information content (AvgIpc) is 2.87. The van der Waals surface area contributed by atoms with E-state index in [1.807, 2.05) is 60.7 Å². The van der Waals surface area contributed by atoms with E-state index in [0.717, 1.165) is 17.3 Å². The molecule has 0 bridgehead atoms. The number of nitrogens with zero attached hydrogens (tertiary/aromatic N) is 1. The van der Waals surface area contributed by atoms with Gasteiger partial charge in [0.2, 0.25) is 0 Å². The molecule has 5 nitrogen and oxygen atoms in total. The number of esters is 1. The van der Waals surface area contributed by atoms with Gasteiger partial charge in [0.05, 0.1) is 23.8 Å². The van der Waals surface area contributed by atoms with Gasteiger partial charge in [0.1, 0.15) is 19.3 Å². The second-order valence-corrected chi connectivity index (χ2v) is 7.76. The maximum Gasteiger partial charge on any atom is 0.338 e. The zero-order valence-corrected chi connectivity index (χ0v) is 18.7. The highest BCUT2D eigenvalue weighted by molar-refractivity contribution is 6.21. The maximum atomic E-state index is 15.0. The van der Waals surface area contributed by atoms with Crippen molar-refractivity contribution in [1.29, 1.82) is 0 Å². The highest BCUT2D eigenvalue weighted by Crippen LogP contribution is 2.17. The third-order valence-corrected chi connectivity index (χ3v) is 5.06. The van der Waals surface area contributed by atoms with Crippen molar-refractivity contribution >= 4 is 23.8 Å². The second-order valence-electron chi connectivity index (χ2n) is 7.20. The molecule has 0 amide bonds. The molecule has 3 aromatic rings. The Kier molecular flexibility index (Phi) is 9.88. The average molecular weight is 470 g/mol. The number of carbonyl (C=O) groups excluding carboxylic acids is 1. The summed E-state index contributed by atoms with van der Waals surface area (Å²) in [6, 6.07) is 27.2. The predicted molar refractivity (Wildman–Crippen MR) is 126 cm³/mol. The van der Waals surface area contributed by atoms with Crippen molar-refractivity contribution in [2.75, 3.05) is 6.61 Å². The SMILES string of the molecule is O=C(OCC(Cl)C(OCc1ccccc1)C(F)/C=N/OCc1ccccc1)c1ccccc1. The zero-order valence-electron chi connectivity index (χ0n) is 17.9. The first-order valence-corrected chi connectivity index (χ1v) is 10.9. The molecule has 3 unspecified atom stereocenters. The minimum Gasteiger partial charge on any atom is -0.460 e. The Balaban J connectivity index is 1.58. The van der Waals surface area contributed by atoms with Crippen molar-refractivity contribution < 1.29 is 23.5 Å². The van der Waals surface area contributed by atoms with Crippen LogP contribution in [0.25, 0.3) is 0 Å².